The lowest BCUT2D eigenvalue weighted by atomic mass is 10.00. The van der Waals surface area contributed by atoms with Crippen molar-refractivity contribution >= 4 is 6.21 Å². The average Bonchev–Trinajstić information content (AvgIpc) is 2.91. The molecule has 4 heteroatoms. The number of hydrogen-bond donors (Lipinski definition) is 2. The molecule has 21 heavy (non-hydrogen) atoms. The SMILES string of the molecule is CNC(CF)C(O)C1=CC=C(C2=CCC=NC=C2)C=CC1. The zero-order chi connectivity index (χ0) is 15.1. The summed E-state index contributed by atoms with van der Waals surface area (Å²) in [4.78, 5) is 4.11. The lowest BCUT2D eigenvalue weighted by Gasteiger charge is -2.21. The van der Waals surface area contributed by atoms with Crippen molar-refractivity contribution in [2.45, 2.75) is 25.0 Å². The van der Waals surface area contributed by atoms with Gasteiger partial charge in [0, 0.05) is 18.8 Å². The molecule has 0 spiro atoms. The highest BCUT2D eigenvalue weighted by molar-refractivity contribution is 5.64. The molecule has 0 saturated heterocycles. The van der Waals surface area contributed by atoms with Crippen molar-refractivity contribution in [3.63, 3.8) is 0 Å². The Kier molecular flexibility index (Phi) is 5.84. The van der Waals surface area contributed by atoms with Gasteiger partial charge in [-0.1, -0.05) is 30.4 Å². The first kappa shape index (κ1) is 15.6. The minimum absolute atomic E-state index is 0.565. The summed E-state index contributed by atoms with van der Waals surface area (Å²) in [6.45, 7) is -0.597. The first-order valence-corrected chi connectivity index (χ1v) is 7.13. The van der Waals surface area contributed by atoms with Crippen molar-refractivity contribution in [1.82, 2.24) is 5.32 Å². The number of nitrogens with zero attached hydrogens (tertiary/aromatic N) is 1. The van der Waals surface area contributed by atoms with Crippen LogP contribution in [0, 0.1) is 0 Å². The molecule has 2 unspecified atom stereocenters. The van der Waals surface area contributed by atoms with Crippen molar-refractivity contribution in [1.29, 1.82) is 0 Å². The maximum atomic E-state index is 12.9. The van der Waals surface area contributed by atoms with Gasteiger partial charge in [0.05, 0.1) is 12.1 Å². The van der Waals surface area contributed by atoms with E-state index in [2.05, 4.69) is 16.4 Å². The molecule has 1 aliphatic heterocycles. The third-order valence-corrected chi connectivity index (χ3v) is 3.65. The Hall–Kier alpha value is -1.78. The Labute approximate surface area is 125 Å². The second-order valence-corrected chi connectivity index (χ2v) is 5.01. The summed E-state index contributed by atoms with van der Waals surface area (Å²) in [5.41, 5.74) is 2.99. The molecule has 2 aliphatic rings. The minimum atomic E-state index is -0.817. The smallest absolute Gasteiger partial charge is 0.108 e. The highest BCUT2D eigenvalue weighted by atomic mass is 19.1. The van der Waals surface area contributed by atoms with Crippen LogP contribution in [-0.2, 0) is 0 Å². The van der Waals surface area contributed by atoms with Crippen LogP contribution >= 0.6 is 0 Å². The van der Waals surface area contributed by atoms with E-state index in [4.69, 9.17) is 0 Å². The maximum Gasteiger partial charge on any atom is 0.108 e. The van der Waals surface area contributed by atoms with Gasteiger partial charge in [-0.25, -0.2) is 4.39 Å². The van der Waals surface area contributed by atoms with Crippen molar-refractivity contribution in [2.24, 2.45) is 4.99 Å². The van der Waals surface area contributed by atoms with E-state index in [0.29, 0.717) is 6.42 Å². The second kappa shape index (κ2) is 7.86. The number of halogens is 1. The van der Waals surface area contributed by atoms with Crippen LogP contribution < -0.4 is 5.32 Å². The summed E-state index contributed by atoms with van der Waals surface area (Å²) in [5, 5.41) is 13.0. The molecule has 0 saturated carbocycles. The van der Waals surface area contributed by atoms with Gasteiger partial charge in [-0.3, -0.25) is 4.99 Å². The van der Waals surface area contributed by atoms with E-state index in [1.165, 1.54) is 0 Å². The van der Waals surface area contributed by atoms with E-state index in [-0.39, 0.29) is 0 Å². The third kappa shape index (κ3) is 4.09. The van der Waals surface area contributed by atoms with Gasteiger partial charge >= 0.3 is 0 Å². The summed E-state index contributed by atoms with van der Waals surface area (Å²) >= 11 is 0. The number of aliphatic hydroxyl groups is 1. The summed E-state index contributed by atoms with van der Waals surface area (Å²) in [6, 6.07) is -0.565. The molecule has 0 bridgehead atoms. The predicted octanol–water partition coefficient (Wildman–Crippen LogP) is 2.63. The lowest BCUT2D eigenvalue weighted by Crippen LogP contribution is -2.40. The number of hydrogen-bond acceptors (Lipinski definition) is 3. The van der Waals surface area contributed by atoms with Crippen molar-refractivity contribution in [3.05, 3.63) is 59.4 Å². The molecule has 0 aromatic rings. The molecule has 3 nitrogen and oxygen atoms in total. The van der Waals surface area contributed by atoms with Gasteiger partial charge in [-0.15, -0.1) is 0 Å². The first-order chi connectivity index (χ1) is 10.3. The Morgan fingerprint density at radius 1 is 1.33 bits per heavy atom. The molecule has 0 aromatic carbocycles. The quantitative estimate of drug-likeness (QED) is 0.817. The summed E-state index contributed by atoms with van der Waals surface area (Å²) < 4.78 is 12.9. The number of alkyl halides is 1. The molecule has 1 aliphatic carbocycles. The summed E-state index contributed by atoms with van der Waals surface area (Å²) in [6.07, 6.45) is 16.2. The molecule has 2 N–H and O–H groups in total. The fourth-order valence-electron chi connectivity index (χ4n) is 2.34. The molecular formula is C17H21FN2O. The van der Waals surface area contributed by atoms with Crippen LogP contribution in [0.2, 0.25) is 0 Å². The van der Waals surface area contributed by atoms with Gasteiger partial charge in [0.15, 0.2) is 0 Å². The van der Waals surface area contributed by atoms with E-state index >= 15 is 0 Å². The normalized spacial score (nSPS) is 21.0. The monoisotopic (exact) mass is 288 g/mol. The number of allylic oxidation sites excluding steroid dienone is 8. The van der Waals surface area contributed by atoms with Crippen molar-refractivity contribution in [2.75, 3.05) is 13.7 Å². The lowest BCUT2D eigenvalue weighted by molar-refractivity contribution is 0.146. The Morgan fingerprint density at radius 2 is 2.19 bits per heavy atom. The Bertz CT molecular complexity index is 537. The molecular weight excluding hydrogens is 267 g/mol. The molecule has 2 rings (SSSR count). The largest absolute Gasteiger partial charge is 0.387 e. The molecule has 0 fully saturated rings. The number of rotatable bonds is 5. The number of aliphatic imine (C=N–C) groups is 1. The Balaban J connectivity index is 2.19. The van der Waals surface area contributed by atoms with E-state index in [1.54, 1.807) is 13.2 Å². The van der Waals surface area contributed by atoms with Gasteiger partial charge in [0.2, 0.25) is 0 Å². The number of likely N-dealkylation sites (N-methyl/N-ethyl adjacent to an activating group) is 1. The molecule has 0 amide bonds. The van der Waals surface area contributed by atoms with Gasteiger partial charge in [0.25, 0.3) is 0 Å². The zero-order valence-corrected chi connectivity index (χ0v) is 12.2. The minimum Gasteiger partial charge on any atom is -0.387 e. The van der Waals surface area contributed by atoms with E-state index in [9.17, 15) is 9.50 Å². The second-order valence-electron chi connectivity index (χ2n) is 5.01. The van der Waals surface area contributed by atoms with E-state index in [0.717, 1.165) is 23.1 Å². The third-order valence-electron chi connectivity index (χ3n) is 3.65. The predicted molar refractivity (Wildman–Crippen MR) is 85.1 cm³/mol. The van der Waals surface area contributed by atoms with Gasteiger partial charge < -0.3 is 10.4 Å². The standard InChI is InChI=1S/C17H21FN2O/c1-19-16(12-18)17(21)15-5-2-4-13(7-8-15)14-6-3-10-20-11-9-14/h2,4,6-11,16-17,19,21H,3,5,12H2,1H3. The molecule has 1 heterocycles. The topological polar surface area (TPSA) is 44.6 Å². The van der Waals surface area contributed by atoms with Gasteiger partial charge in [-0.2, -0.15) is 0 Å². The highest BCUT2D eigenvalue weighted by Gasteiger charge is 2.20. The molecule has 112 valence electrons. The van der Waals surface area contributed by atoms with Crippen LogP contribution in [-0.4, -0.2) is 37.2 Å². The number of aliphatic hydroxyl groups excluding tert-OH is 1. The van der Waals surface area contributed by atoms with E-state index in [1.807, 2.05) is 36.6 Å². The number of nitrogens with one attached hydrogen (secondary N) is 1. The maximum absolute atomic E-state index is 12.9. The van der Waals surface area contributed by atoms with Crippen LogP contribution in [0.5, 0.6) is 0 Å². The van der Waals surface area contributed by atoms with Crippen molar-refractivity contribution < 1.29 is 9.50 Å². The summed E-state index contributed by atoms with van der Waals surface area (Å²) in [7, 11) is 1.66. The highest BCUT2D eigenvalue weighted by Crippen LogP contribution is 2.22. The van der Waals surface area contributed by atoms with E-state index < -0.39 is 18.8 Å². The fraction of sp³-hybridized carbons (Fsp3) is 0.353. The summed E-state index contributed by atoms with van der Waals surface area (Å²) in [5.74, 6) is 0. The first-order valence-electron chi connectivity index (χ1n) is 7.13. The van der Waals surface area contributed by atoms with Gasteiger partial charge in [-0.05, 0) is 36.3 Å². The average molecular weight is 288 g/mol. The van der Waals surface area contributed by atoms with Crippen molar-refractivity contribution in [3.8, 4) is 0 Å². The van der Waals surface area contributed by atoms with Gasteiger partial charge in [0.1, 0.15) is 6.67 Å². The van der Waals surface area contributed by atoms with Crippen LogP contribution in [0.25, 0.3) is 0 Å². The van der Waals surface area contributed by atoms with Crippen LogP contribution in [0.1, 0.15) is 12.8 Å². The van der Waals surface area contributed by atoms with Crippen LogP contribution in [0.15, 0.2) is 64.4 Å². The van der Waals surface area contributed by atoms with Crippen LogP contribution in [0.4, 0.5) is 4.39 Å². The Morgan fingerprint density at radius 3 is 2.95 bits per heavy atom. The fourth-order valence-corrected chi connectivity index (χ4v) is 2.34. The molecule has 0 aromatic heterocycles. The zero-order valence-electron chi connectivity index (χ0n) is 12.2. The molecule has 0 radical (unpaired) electrons. The molecule has 2 atom stereocenters. The van der Waals surface area contributed by atoms with Crippen LogP contribution in [0.3, 0.4) is 0 Å².